The van der Waals surface area contributed by atoms with E-state index in [1.54, 1.807) is 9.80 Å². The van der Waals surface area contributed by atoms with Gasteiger partial charge in [-0.1, -0.05) is 30.3 Å². The lowest BCUT2D eigenvalue weighted by molar-refractivity contribution is -0.964. The first-order chi connectivity index (χ1) is 8.66. The Labute approximate surface area is 112 Å². The van der Waals surface area contributed by atoms with Crippen LogP contribution in [0.4, 0.5) is 0 Å². The van der Waals surface area contributed by atoms with E-state index in [0.29, 0.717) is 0 Å². The average Bonchev–Trinajstić information content (AvgIpc) is 2.40. The Bertz CT molecular complexity index is 339. The zero-order valence-electron chi connectivity index (χ0n) is 12.1. The Hall–Kier alpha value is -0.860. The van der Waals surface area contributed by atoms with Crippen LogP contribution in [0, 0.1) is 0 Å². The summed E-state index contributed by atoms with van der Waals surface area (Å²) in [6.07, 6.45) is 2.76. The number of quaternary nitrogens is 2. The van der Waals surface area contributed by atoms with Crippen LogP contribution >= 0.6 is 0 Å². The molecule has 0 spiro atoms. The fraction of sp³-hybridized carbons (Fsp3) is 0.625. The van der Waals surface area contributed by atoms with Crippen LogP contribution in [-0.2, 0) is 6.54 Å². The molecule has 0 aliphatic carbocycles. The van der Waals surface area contributed by atoms with Crippen molar-refractivity contribution in [1.29, 1.82) is 0 Å². The third kappa shape index (κ3) is 3.56. The van der Waals surface area contributed by atoms with E-state index in [1.807, 2.05) is 0 Å². The number of nitrogens with one attached hydrogen (secondary N) is 2. The summed E-state index contributed by atoms with van der Waals surface area (Å²) in [4.78, 5) is 3.47. The lowest BCUT2D eigenvalue weighted by atomic mass is 10.0. The molecular formula is C16H28N2+2. The second kappa shape index (κ2) is 6.35. The van der Waals surface area contributed by atoms with E-state index in [4.69, 9.17) is 0 Å². The van der Waals surface area contributed by atoms with Gasteiger partial charge in [-0.3, -0.25) is 0 Å². The Morgan fingerprint density at radius 2 is 1.78 bits per heavy atom. The molecule has 2 rings (SSSR count). The van der Waals surface area contributed by atoms with E-state index in [-0.39, 0.29) is 0 Å². The number of hydrogen-bond acceptors (Lipinski definition) is 0. The molecule has 1 aromatic carbocycles. The van der Waals surface area contributed by atoms with Crippen LogP contribution in [0.3, 0.4) is 0 Å². The summed E-state index contributed by atoms with van der Waals surface area (Å²) in [5.41, 5.74) is 1.47. The van der Waals surface area contributed by atoms with Crippen LogP contribution in [0.1, 0.15) is 32.3 Å². The molecule has 1 heterocycles. The van der Waals surface area contributed by atoms with Gasteiger partial charge in [0, 0.05) is 18.4 Å². The van der Waals surface area contributed by atoms with Crippen LogP contribution in [0.2, 0.25) is 0 Å². The molecular weight excluding hydrogens is 220 g/mol. The minimum atomic E-state index is 0.792. The van der Waals surface area contributed by atoms with Gasteiger partial charge in [0.25, 0.3) is 0 Å². The van der Waals surface area contributed by atoms with Gasteiger partial charge in [-0.2, -0.15) is 0 Å². The van der Waals surface area contributed by atoms with Gasteiger partial charge in [-0.15, -0.1) is 0 Å². The van der Waals surface area contributed by atoms with Crippen molar-refractivity contribution in [3.05, 3.63) is 35.9 Å². The summed E-state index contributed by atoms with van der Waals surface area (Å²) in [7, 11) is 2.36. The summed E-state index contributed by atoms with van der Waals surface area (Å²) < 4.78 is 0. The van der Waals surface area contributed by atoms with Crippen LogP contribution in [-0.4, -0.2) is 32.2 Å². The zero-order valence-corrected chi connectivity index (χ0v) is 12.1. The van der Waals surface area contributed by atoms with Crippen LogP contribution < -0.4 is 9.80 Å². The molecule has 2 N–H and O–H groups in total. The van der Waals surface area contributed by atoms with Crippen molar-refractivity contribution in [1.82, 2.24) is 0 Å². The van der Waals surface area contributed by atoms with Crippen molar-refractivity contribution in [2.75, 3.05) is 20.1 Å². The first kappa shape index (κ1) is 13.6. The Kier molecular flexibility index (Phi) is 4.79. The van der Waals surface area contributed by atoms with Gasteiger partial charge in [0.2, 0.25) is 0 Å². The normalized spacial score (nSPS) is 26.2. The second-order valence-electron chi connectivity index (χ2n) is 6.10. The largest absolute Gasteiger partial charge is 0.333 e. The topological polar surface area (TPSA) is 8.88 Å². The van der Waals surface area contributed by atoms with Crippen molar-refractivity contribution in [2.45, 2.75) is 45.3 Å². The molecule has 0 amide bonds. The van der Waals surface area contributed by atoms with Crippen LogP contribution in [0.5, 0.6) is 0 Å². The molecule has 1 unspecified atom stereocenters. The number of rotatable bonds is 4. The molecule has 1 aliphatic rings. The molecule has 0 aromatic heterocycles. The minimum Gasteiger partial charge on any atom is -0.333 e. The predicted octanol–water partition coefficient (Wildman–Crippen LogP) is 0.157. The maximum absolute atomic E-state index is 2.36. The lowest BCUT2D eigenvalue weighted by Crippen LogP contribution is -3.20. The van der Waals surface area contributed by atoms with E-state index in [2.05, 4.69) is 51.2 Å². The van der Waals surface area contributed by atoms with Gasteiger partial charge >= 0.3 is 0 Å². The number of hydrogen-bond donors (Lipinski definition) is 2. The Balaban J connectivity index is 1.82. The molecule has 0 saturated carbocycles. The maximum atomic E-state index is 2.36. The van der Waals surface area contributed by atoms with Gasteiger partial charge in [-0.05, 0) is 13.8 Å². The molecule has 0 bridgehead atoms. The van der Waals surface area contributed by atoms with E-state index < -0.39 is 0 Å². The van der Waals surface area contributed by atoms with Crippen molar-refractivity contribution in [3.8, 4) is 0 Å². The molecule has 2 heteroatoms. The summed E-state index contributed by atoms with van der Waals surface area (Å²) in [6, 6.07) is 12.5. The summed E-state index contributed by atoms with van der Waals surface area (Å²) >= 11 is 0. The highest BCUT2D eigenvalue weighted by Crippen LogP contribution is 1.99. The van der Waals surface area contributed by atoms with Crippen LogP contribution in [0.25, 0.3) is 0 Å². The summed E-state index contributed by atoms with van der Waals surface area (Å²) in [5, 5.41) is 0. The second-order valence-corrected chi connectivity index (χ2v) is 6.10. The van der Waals surface area contributed by atoms with Crippen molar-refractivity contribution >= 4 is 0 Å². The highest BCUT2D eigenvalue weighted by atomic mass is 15.2. The number of likely N-dealkylation sites (tertiary alicyclic amines) is 1. The smallest absolute Gasteiger partial charge is 0.103 e. The molecule has 2 nitrogen and oxygen atoms in total. The third-order valence-electron chi connectivity index (χ3n) is 4.47. The highest BCUT2D eigenvalue weighted by molar-refractivity contribution is 5.13. The molecule has 100 valence electrons. The number of benzene rings is 1. The first-order valence-electron chi connectivity index (χ1n) is 7.37. The van der Waals surface area contributed by atoms with Gasteiger partial charge < -0.3 is 9.80 Å². The third-order valence-corrected chi connectivity index (χ3v) is 4.47. The SMILES string of the molecule is CC(C)[NH+]1CCC([NH+](C)Cc2ccccc2)CC1. The quantitative estimate of drug-likeness (QED) is 0.751. The molecule has 18 heavy (non-hydrogen) atoms. The predicted molar refractivity (Wildman–Crippen MR) is 75.9 cm³/mol. The van der Waals surface area contributed by atoms with Crippen molar-refractivity contribution in [2.24, 2.45) is 0 Å². The molecule has 1 fully saturated rings. The zero-order chi connectivity index (χ0) is 13.0. The van der Waals surface area contributed by atoms with E-state index in [0.717, 1.165) is 12.1 Å². The van der Waals surface area contributed by atoms with Crippen molar-refractivity contribution in [3.63, 3.8) is 0 Å². The Morgan fingerprint density at radius 1 is 1.17 bits per heavy atom. The monoisotopic (exact) mass is 248 g/mol. The fourth-order valence-corrected chi connectivity index (χ4v) is 3.12. The van der Waals surface area contributed by atoms with Gasteiger partial charge in [0.1, 0.15) is 6.54 Å². The standard InChI is InChI=1S/C16H26N2/c1-14(2)18-11-9-16(10-12-18)17(3)13-15-7-5-4-6-8-15/h4-8,14,16H,9-13H2,1-3H3/p+2. The van der Waals surface area contributed by atoms with Gasteiger partial charge in [0.15, 0.2) is 0 Å². The molecule has 1 atom stereocenters. The van der Waals surface area contributed by atoms with E-state index in [1.165, 1.54) is 38.0 Å². The fourth-order valence-electron chi connectivity index (χ4n) is 3.12. The first-order valence-corrected chi connectivity index (χ1v) is 7.37. The maximum Gasteiger partial charge on any atom is 0.103 e. The average molecular weight is 248 g/mol. The molecule has 1 saturated heterocycles. The van der Waals surface area contributed by atoms with Gasteiger partial charge in [-0.25, -0.2) is 0 Å². The number of piperidine rings is 1. The highest BCUT2D eigenvalue weighted by Gasteiger charge is 2.28. The van der Waals surface area contributed by atoms with Crippen molar-refractivity contribution < 1.29 is 9.80 Å². The summed E-state index contributed by atoms with van der Waals surface area (Å²) in [5.74, 6) is 0. The lowest BCUT2D eigenvalue weighted by Gasteiger charge is -2.34. The van der Waals surface area contributed by atoms with E-state index in [9.17, 15) is 0 Å². The Morgan fingerprint density at radius 3 is 2.33 bits per heavy atom. The molecule has 1 aliphatic heterocycles. The van der Waals surface area contributed by atoms with E-state index >= 15 is 0 Å². The van der Waals surface area contributed by atoms with Crippen LogP contribution in [0.15, 0.2) is 30.3 Å². The minimum absolute atomic E-state index is 0.792. The molecule has 1 aromatic rings. The summed E-state index contributed by atoms with van der Waals surface area (Å²) in [6.45, 7) is 8.57. The van der Waals surface area contributed by atoms with Gasteiger partial charge in [0.05, 0.1) is 32.2 Å². The molecule has 0 radical (unpaired) electrons.